The normalized spacial score (nSPS) is 12.4. The lowest BCUT2D eigenvalue weighted by Gasteiger charge is -2.10. The summed E-state index contributed by atoms with van der Waals surface area (Å²) in [5.74, 6) is 2.58. The largest absolute Gasteiger partial charge is 0.497 e. The van der Waals surface area contributed by atoms with Gasteiger partial charge in [-0.3, -0.25) is 5.10 Å². The third kappa shape index (κ3) is 3.48. The summed E-state index contributed by atoms with van der Waals surface area (Å²) in [6, 6.07) is 7.58. The van der Waals surface area contributed by atoms with Gasteiger partial charge in [0.25, 0.3) is 0 Å². The molecule has 6 nitrogen and oxygen atoms in total. The van der Waals surface area contributed by atoms with Gasteiger partial charge in [0.2, 0.25) is 0 Å². The number of rotatable bonds is 6. The van der Waals surface area contributed by atoms with Gasteiger partial charge in [-0.15, -0.1) is 0 Å². The SMILES string of the molecule is COc1ccc(NCc2nc([C@@H](N)C(C)C)n[nH]2)cc1. The van der Waals surface area contributed by atoms with Gasteiger partial charge in [0.15, 0.2) is 5.82 Å². The lowest BCUT2D eigenvalue weighted by atomic mass is 10.1. The van der Waals surface area contributed by atoms with Crippen LogP contribution in [0, 0.1) is 5.92 Å². The Labute approximate surface area is 118 Å². The molecule has 4 N–H and O–H groups in total. The summed E-state index contributed by atoms with van der Waals surface area (Å²) < 4.78 is 5.11. The molecule has 0 saturated heterocycles. The Morgan fingerprint density at radius 2 is 2.00 bits per heavy atom. The van der Waals surface area contributed by atoms with Crippen LogP contribution in [0.15, 0.2) is 24.3 Å². The minimum absolute atomic E-state index is 0.138. The number of nitrogens with zero attached hydrogens (tertiary/aromatic N) is 2. The van der Waals surface area contributed by atoms with Crippen LogP contribution in [0.1, 0.15) is 31.5 Å². The van der Waals surface area contributed by atoms with Crippen molar-refractivity contribution in [2.45, 2.75) is 26.4 Å². The van der Waals surface area contributed by atoms with E-state index in [1.54, 1.807) is 7.11 Å². The van der Waals surface area contributed by atoms with Crippen molar-refractivity contribution in [2.24, 2.45) is 11.7 Å². The van der Waals surface area contributed by atoms with Crippen LogP contribution in [-0.2, 0) is 6.54 Å². The molecule has 0 aliphatic rings. The molecule has 0 aliphatic heterocycles. The maximum atomic E-state index is 6.01. The van der Waals surface area contributed by atoms with Gasteiger partial charge in [0.05, 0.1) is 19.7 Å². The Morgan fingerprint density at radius 3 is 2.60 bits per heavy atom. The number of methoxy groups -OCH3 is 1. The van der Waals surface area contributed by atoms with Gasteiger partial charge >= 0.3 is 0 Å². The van der Waals surface area contributed by atoms with E-state index in [1.807, 2.05) is 24.3 Å². The molecule has 0 radical (unpaired) electrons. The molecule has 0 aliphatic carbocycles. The minimum atomic E-state index is -0.138. The fourth-order valence-electron chi connectivity index (χ4n) is 1.73. The third-order valence-corrected chi connectivity index (χ3v) is 3.12. The predicted octanol–water partition coefficient (Wildman–Crippen LogP) is 2.08. The highest BCUT2D eigenvalue weighted by Crippen LogP contribution is 2.16. The molecular formula is C14H21N5O. The molecule has 6 heteroatoms. The minimum Gasteiger partial charge on any atom is -0.497 e. The molecular weight excluding hydrogens is 254 g/mol. The van der Waals surface area contributed by atoms with Crippen LogP contribution in [-0.4, -0.2) is 22.3 Å². The maximum absolute atomic E-state index is 6.01. The number of nitrogens with two attached hydrogens (primary N) is 1. The molecule has 2 aromatic rings. The van der Waals surface area contributed by atoms with Crippen molar-refractivity contribution < 1.29 is 4.74 Å². The summed E-state index contributed by atoms with van der Waals surface area (Å²) in [5.41, 5.74) is 7.01. The topological polar surface area (TPSA) is 88.8 Å². The summed E-state index contributed by atoms with van der Waals surface area (Å²) in [5, 5.41) is 10.3. The quantitative estimate of drug-likeness (QED) is 0.751. The zero-order chi connectivity index (χ0) is 14.5. The van der Waals surface area contributed by atoms with E-state index in [0.29, 0.717) is 18.3 Å². The van der Waals surface area contributed by atoms with Crippen LogP contribution in [0.5, 0.6) is 5.75 Å². The van der Waals surface area contributed by atoms with E-state index in [4.69, 9.17) is 10.5 Å². The molecule has 1 atom stereocenters. The zero-order valence-electron chi connectivity index (χ0n) is 12.1. The van der Waals surface area contributed by atoms with E-state index < -0.39 is 0 Å². The van der Waals surface area contributed by atoms with Crippen LogP contribution >= 0.6 is 0 Å². The zero-order valence-corrected chi connectivity index (χ0v) is 12.1. The van der Waals surface area contributed by atoms with E-state index in [9.17, 15) is 0 Å². The van der Waals surface area contributed by atoms with E-state index in [1.165, 1.54) is 0 Å². The molecule has 20 heavy (non-hydrogen) atoms. The third-order valence-electron chi connectivity index (χ3n) is 3.12. The Kier molecular flexibility index (Phi) is 4.57. The van der Waals surface area contributed by atoms with Gasteiger partial charge in [-0.1, -0.05) is 13.8 Å². The number of hydrogen-bond donors (Lipinski definition) is 3. The van der Waals surface area contributed by atoms with Crippen LogP contribution in [0.2, 0.25) is 0 Å². The number of hydrogen-bond acceptors (Lipinski definition) is 5. The molecule has 0 amide bonds. The summed E-state index contributed by atoms with van der Waals surface area (Å²) in [6.45, 7) is 4.68. The molecule has 2 rings (SSSR count). The van der Waals surface area contributed by atoms with Crippen molar-refractivity contribution in [3.63, 3.8) is 0 Å². The molecule has 0 unspecified atom stereocenters. The van der Waals surface area contributed by atoms with Crippen molar-refractivity contribution >= 4 is 5.69 Å². The first kappa shape index (κ1) is 14.3. The van der Waals surface area contributed by atoms with Crippen LogP contribution in [0.3, 0.4) is 0 Å². The molecule has 1 heterocycles. The Bertz CT molecular complexity index is 535. The van der Waals surface area contributed by atoms with Gasteiger partial charge in [0.1, 0.15) is 11.6 Å². The van der Waals surface area contributed by atoms with E-state index in [0.717, 1.165) is 17.3 Å². The highest BCUT2D eigenvalue weighted by atomic mass is 16.5. The number of ether oxygens (including phenoxy) is 1. The van der Waals surface area contributed by atoms with Crippen LogP contribution < -0.4 is 15.8 Å². The maximum Gasteiger partial charge on any atom is 0.167 e. The van der Waals surface area contributed by atoms with E-state index in [-0.39, 0.29) is 6.04 Å². The molecule has 0 spiro atoms. The predicted molar refractivity (Wildman–Crippen MR) is 78.5 cm³/mol. The Balaban J connectivity index is 1.93. The molecule has 0 fully saturated rings. The van der Waals surface area contributed by atoms with E-state index in [2.05, 4.69) is 34.3 Å². The van der Waals surface area contributed by atoms with Crippen molar-refractivity contribution in [1.82, 2.24) is 15.2 Å². The molecule has 0 bridgehead atoms. The van der Waals surface area contributed by atoms with Crippen molar-refractivity contribution in [1.29, 1.82) is 0 Å². The number of aromatic amines is 1. The number of benzene rings is 1. The van der Waals surface area contributed by atoms with Gasteiger partial charge in [-0.05, 0) is 30.2 Å². The highest BCUT2D eigenvalue weighted by molar-refractivity contribution is 5.46. The van der Waals surface area contributed by atoms with Crippen LogP contribution in [0.4, 0.5) is 5.69 Å². The summed E-state index contributed by atoms with van der Waals surface area (Å²) in [6.07, 6.45) is 0. The number of aromatic nitrogens is 3. The Hall–Kier alpha value is -2.08. The fourth-order valence-corrected chi connectivity index (χ4v) is 1.73. The van der Waals surface area contributed by atoms with Gasteiger partial charge in [-0.2, -0.15) is 5.10 Å². The average molecular weight is 275 g/mol. The van der Waals surface area contributed by atoms with E-state index >= 15 is 0 Å². The lowest BCUT2D eigenvalue weighted by molar-refractivity contribution is 0.415. The average Bonchev–Trinajstić information content (AvgIpc) is 2.93. The summed E-state index contributed by atoms with van der Waals surface area (Å²) in [7, 11) is 1.65. The van der Waals surface area contributed by atoms with Gasteiger partial charge < -0.3 is 15.8 Å². The highest BCUT2D eigenvalue weighted by Gasteiger charge is 2.15. The second-order valence-corrected chi connectivity index (χ2v) is 4.99. The summed E-state index contributed by atoms with van der Waals surface area (Å²) in [4.78, 5) is 4.40. The van der Waals surface area contributed by atoms with Crippen molar-refractivity contribution in [2.75, 3.05) is 12.4 Å². The van der Waals surface area contributed by atoms with Crippen molar-refractivity contribution in [3.8, 4) is 5.75 Å². The molecule has 0 saturated carbocycles. The first-order chi connectivity index (χ1) is 9.60. The molecule has 108 valence electrons. The van der Waals surface area contributed by atoms with Crippen LogP contribution in [0.25, 0.3) is 0 Å². The molecule has 1 aromatic heterocycles. The smallest absolute Gasteiger partial charge is 0.167 e. The number of anilines is 1. The number of H-pyrrole nitrogens is 1. The Morgan fingerprint density at radius 1 is 1.30 bits per heavy atom. The number of nitrogens with one attached hydrogen (secondary N) is 2. The fraction of sp³-hybridized carbons (Fsp3) is 0.429. The molecule has 1 aromatic carbocycles. The summed E-state index contributed by atoms with van der Waals surface area (Å²) >= 11 is 0. The first-order valence-corrected chi connectivity index (χ1v) is 6.65. The second kappa shape index (κ2) is 6.38. The van der Waals surface area contributed by atoms with Gasteiger partial charge in [-0.25, -0.2) is 4.98 Å². The monoisotopic (exact) mass is 275 g/mol. The van der Waals surface area contributed by atoms with Gasteiger partial charge in [0, 0.05) is 5.69 Å². The standard InChI is InChI=1S/C14H21N5O/c1-9(2)13(15)14-17-12(18-19-14)8-16-10-4-6-11(20-3)7-5-10/h4-7,9,13,16H,8,15H2,1-3H3,(H,17,18,19)/t13-/m0/s1. The lowest BCUT2D eigenvalue weighted by Crippen LogP contribution is -2.18. The second-order valence-electron chi connectivity index (χ2n) is 4.99. The van der Waals surface area contributed by atoms with Crippen molar-refractivity contribution in [3.05, 3.63) is 35.9 Å². The first-order valence-electron chi connectivity index (χ1n) is 6.65.